The third-order valence-electron chi connectivity index (χ3n) is 3.80. The van der Waals surface area contributed by atoms with Gasteiger partial charge in [-0.2, -0.15) is 4.98 Å². The Hall–Kier alpha value is -1.66. The van der Waals surface area contributed by atoms with Crippen molar-refractivity contribution in [2.24, 2.45) is 0 Å². The van der Waals surface area contributed by atoms with Gasteiger partial charge in [-0.1, -0.05) is 30.3 Å². The maximum absolute atomic E-state index is 5.24. The Bertz CT molecular complexity index is 615. The quantitative estimate of drug-likeness (QED) is 0.835. The summed E-state index contributed by atoms with van der Waals surface area (Å²) in [5, 5.41) is 0. The van der Waals surface area contributed by atoms with E-state index in [9.17, 15) is 0 Å². The van der Waals surface area contributed by atoms with Crippen LogP contribution in [-0.2, 0) is 6.54 Å². The zero-order valence-corrected chi connectivity index (χ0v) is 14.2. The fourth-order valence-electron chi connectivity index (χ4n) is 2.59. The van der Waals surface area contributed by atoms with Crippen LogP contribution in [0.5, 0.6) is 5.88 Å². The predicted octanol–water partition coefficient (Wildman–Crippen LogP) is 2.57. The summed E-state index contributed by atoms with van der Waals surface area (Å²) in [6, 6.07) is 10.6. The van der Waals surface area contributed by atoms with Gasteiger partial charge in [-0.3, -0.25) is 4.90 Å². The van der Waals surface area contributed by atoms with Crippen LogP contribution in [0, 0.1) is 0 Å². The number of benzene rings is 1. The number of anilines is 1. The van der Waals surface area contributed by atoms with Gasteiger partial charge in [-0.05, 0) is 21.5 Å². The Balaban J connectivity index is 1.59. The highest BCUT2D eigenvalue weighted by Crippen LogP contribution is 2.24. The lowest BCUT2D eigenvalue weighted by atomic mass is 10.2. The molecule has 0 bridgehead atoms. The Morgan fingerprint density at radius 2 is 1.86 bits per heavy atom. The van der Waals surface area contributed by atoms with E-state index < -0.39 is 0 Å². The van der Waals surface area contributed by atoms with Crippen LogP contribution in [0.25, 0.3) is 0 Å². The van der Waals surface area contributed by atoms with Crippen molar-refractivity contribution in [2.75, 3.05) is 38.2 Å². The van der Waals surface area contributed by atoms with Crippen molar-refractivity contribution in [3.05, 3.63) is 46.6 Å². The Kier molecular flexibility index (Phi) is 4.90. The summed E-state index contributed by atoms with van der Waals surface area (Å²) in [5.41, 5.74) is 1.36. The molecule has 116 valence electrons. The largest absolute Gasteiger partial charge is 0.480 e. The summed E-state index contributed by atoms with van der Waals surface area (Å²) in [5.74, 6) is 1.32. The monoisotopic (exact) mass is 362 g/mol. The maximum Gasteiger partial charge on any atom is 0.232 e. The van der Waals surface area contributed by atoms with Crippen LogP contribution in [0.2, 0.25) is 0 Å². The van der Waals surface area contributed by atoms with Gasteiger partial charge in [0, 0.05) is 32.7 Å². The molecule has 0 atom stereocenters. The lowest BCUT2D eigenvalue weighted by molar-refractivity contribution is 0.248. The van der Waals surface area contributed by atoms with Gasteiger partial charge in [0.1, 0.15) is 0 Å². The zero-order chi connectivity index (χ0) is 15.4. The number of methoxy groups -OCH3 is 1. The molecule has 22 heavy (non-hydrogen) atoms. The molecule has 6 heteroatoms. The van der Waals surface area contributed by atoms with E-state index in [1.54, 1.807) is 13.3 Å². The Morgan fingerprint density at radius 3 is 2.55 bits per heavy atom. The topological polar surface area (TPSA) is 41.5 Å². The molecule has 0 saturated carbocycles. The Morgan fingerprint density at radius 1 is 1.14 bits per heavy atom. The molecule has 1 aliphatic heterocycles. The van der Waals surface area contributed by atoms with Crippen molar-refractivity contribution in [1.82, 2.24) is 14.9 Å². The molecule has 1 saturated heterocycles. The van der Waals surface area contributed by atoms with Crippen molar-refractivity contribution in [2.45, 2.75) is 6.54 Å². The summed E-state index contributed by atoms with van der Waals surface area (Å²) in [7, 11) is 1.62. The Labute approximate surface area is 139 Å². The van der Waals surface area contributed by atoms with E-state index in [-0.39, 0.29) is 0 Å². The van der Waals surface area contributed by atoms with Crippen molar-refractivity contribution in [1.29, 1.82) is 0 Å². The average Bonchev–Trinajstić information content (AvgIpc) is 2.57. The molecule has 0 unspecified atom stereocenters. The molecule has 2 heterocycles. The van der Waals surface area contributed by atoms with Crippen LogP contribution in [0.1, 0.15) is 5.56 Å². The molecular weight excluding hydrogens is 344 g/mol. The molecule has 5 nitrogen and oxygen atoms in total. The molecule has 1 aromatic carbocycles. The van der Waals surface area contributed by atoms with Crippen LogP contribution in [0.15, 0.2) is 41.0 Å². The van der Waals surface area contributed by atoms with E-state index >= 15 is 0 Å². The van der Waals surface area contributed by atoms with Gasteiger partial charge in [0.2, 0.25) is 11.8 Å². The first-order valence-electron chi connectivity index (χ1n) is 7.34. The number of piperazine rings is 1. The van der Waals surface area contributed by atoms with Gasteiger partial charge in [0.05, 0.1) is 17.8 Å². The molecule has 0 N–H and O–H groups in total. The normalized spacial score (nSPS) is 15.8. The molecular formula is C16H19BrN4O. The molecule has 0 radical (unpaired) electrons. The number of nitrogens with zero attached hydrogens (tertiary/aromatic N) is 4. The van der Waals surface area contributed by atoms with E-state index in [0.717, 1.165) is 43.1 Å². The van der Waals surface area contributed by atoms with E-state index in [2.05, 4.69) is 66.0 Å². The number of hydrogen-bond donors (Lipinski definition) is 0. The third kappa shape index (κ3) is 3.56. The minimum Gasteiger partial charge on any atom is -0.480 e. The first-order chi connectivity index (χ1) is 10.8. The standard InChI is InChI=1S/C16H19BrN4O/c1-22-15-14(17)11-18-16(19-15)21-9-7-20(8-10-21)12-13-5-3-2-4-6-13/h2-6,11H,7-10,12H2,1H3. The second-order valence-corrected chi connectivity index (χ2v) is 6.13. The van der Waals surface area contributed by atoms with E-state index in [1.165, 1.54) is 5.56 Å². The lowest BCUT2D eigenvalue weighted by Gasteiger charge is -2.34. The molecule has 2 aromatic rings. The SMILES string of the molecule is COc1nc(N2CCN(Cc3ccccc3)CC2)ncc1Br. The third-order valence-corrected chi connectivity index (χ3v) is 4.34. The van der Waals surface area contributed by atoms with Crippen LogP contribution in [-0.4, -0.2) is 48.2 Å². The highest BCUT2D eigenvalue weighted by molar-refractivity contribution is 9.10. The van der Waals surface area contributed by atoms with Gasteiger partial charge in [-0.25, -0.2) is 4.98 Å². The fourth-order valence-corrected chi connectivity index (χ4v) is 2.94. The number of aromatic nitrogens is 2. The first kappa shape index (κ1) is 15.2. The van der Waals surface area contributed by atoms with Crippen LogP contribution < -0.4 is 9.64 Å². The summed E-state index contributed by atoms with van der Waals surface area (Å²) >= 11 is 3.38. The smallest absolute Gasteiger partial charge is 0.232 e. The van der Waals surface area contributed by atoms with Crippen LogP contribution in [0.3, 0.4) is 0 Å². The molecule has 0 aliphatic carbocycles. The molecule has 0 amide bonds. The van der Waals surface area contributed by atoms with Crippen LogP contribution >= 0.6 is 15.9 Å². The second-order valence-electron chi connectivity index (χ2n) is 5.28. The van der Waals surface area contributed by atoms with Crippen molar-refractivity contribution < 1.29 is 4.74 Å². The van der Waals surface area contributed by atoms with E-state index in [1.807, 2.05) is 0 Å². The molecule has 1 aliphatic rings. The van der Waals surface area contributed by atoms with Gasteiger partial charge in [-0.15, -0.1) is 0 Å². The number of hydrogen-bond acceptors (Lipinski definition) is 5. The highest BCUT2D eigenvalue weighted by atomic mass is 79.9. The fraction of sp³-hybridized carbons (Fsp3) is 0.375. The average molecular weight is 363 g/mol. The molecule has 1 fully saturated rings. The van der Waals surface area contributed by atoms with Crippen molar-refractivity contribution in [3.63, 3.8) is 0 Å². The van der Waals surface area contributed by atoms with Gasteiger partial charge < -0.3 is 9.64 Å². The van der Waals surface area contributed by atoms with Crippen LogP contribution in [0.4, 0.5) is 5.95 Å². The van der Waals surface area contributed by atoms with Crippen molar-refractivity contribution in [3.8, 4) is 5.88 Å². The van der Waals surface area contributed by atoms with E-state index in [0.29, 0.717) is 5.88 Å². The van der Waals surface area contributed by atoms with Gasteiger partial charge in [0.15, 0.2) is 0 Å². The molecule has 0 spiro atoms. The lowest BCUT2D eigenvalue weighted by Crippen LogP contribution is -2.46. The van der Waals surface area contributed by atoms with Gasteiger partial charge in [0.25, 0.3) is 0 Å². The number of halogens is 1. The summed E-state index contributed by atoms with van der Waals surface area (Å²) in [6.07, 6.45) is 1.75. The summed E-state index contributed by atoms with van der Waals surface area (Å²) in [6.45, 7) is 4.88. The minimum atomic E-state index is 0.580. The maximum atomic E-state index is 5.24. The zero-order valence-electron chi connectivity index (χ0n) is 12.6. The number of rotatable bonds is 4. The van der Waals surface area contributed by atoms with E-state index in [4.69, 9.17) is 4.74 Å². The van der Waals surface area contributed by atoms with Crippen molar-refractivity contribution >= 4 is 21.9 Å². The minimum absolute atomic E-state index is 0.580. The summed E-state index contributed by atoms with van der Waals surface area (Å²) < 4.78 is 6.02. The number of ether oxygens (including phenoxy) is 1. The first-order valence-corrected chi connectivity index (χ1v) is 8.13. The molecule has 1 aromatic heterocycles. The van der Waals surface area contributed by atoms with Gasteiger partial charge >= 0.3 is 0 Å². The second kappa shape index (κ2) is 7.07. The molecule has 3 rings (SSSR count). The highest BCUT2D eigenvalue weighted by Gasteiger charge is 2.20. The predicted molar refractivity (Wildman–Crippen MR) is 90.2 cm³/mol. The summed E-state index contributed by atoms with van der Waals surface area (Å²) in [4.78, 5) is 13.5.